The summed E-state index contributed by atoms with van der Waals surface area (Å²) in [6.07, 6.45) is 3.89. The fourth-order valence-corrected chi connectivity index (χ4v) is 10.3. The van der Waals surface area contributed by atoms with Gasteiger partial charge in [0.2, 0.25) is 5.91 Å². The zero-order chi connectivity index (χ0) is 26.8. The van der Waals surface area contributed by atoms with Gasteiger partial charge in [-0.05, 0) is 27.7 Å². The second-order valence-corrected chi connectivity index (χ2v) is 15.3. The Balaban J connectivity index is 1.80. The van der Waals surface area contributed by atoms with Crippen LogP contribution >= 0.6 is 11.8 Å². The number of carbonyl (C=O) groups excluding carboxylic acids is 3. The van der Waals surface area contributed by atoms with Crippen LogP contribution in [-0.4, -0.2) is 37.0 Å². The molecule has 0 aromatic heterocycles. The standard InChI is InChI=1S/C29H32N2O4SSi/c1-6-23-24-19-25(36-18-17-30-20(2)32)26(31(24)27(23)33)28(34)35-37(29(3,4)5,21-13-9-7-10-14-21)22-15-11-8-12-16-22/h6-18,24H,19H2,1-5H3,(H,30,32)/t24-/m1/s1. The molecule has 2 aliphatic heterocycles. The summed E-state index contributed by atoms with van der Waals surface area (Å²) in [5.41, 5.74) is 1.00. The molecule has 0 unspecified atom stereocenters. The molecule has 0 aliphatic carbocycles. The summed E-state index contributed by atoms with van der Waals surface area (Å²) >= 11 is 1.33. The van der Waals surface area contributed by atoms with Crippen molar-refractivity contribution in [2.45, 2.75) is 52.1 Å². The van der Waals surface area contributed by atoms with E-state index in [0.717, 1.165) is 15.3 Å². The lowest BCUT2D eigenvalue weighted by molar-refractivity contribution is -0.141. The van der Waals surface area contributed by atoms with Gasteiger partial charge in [-0.2, -0.15) is 0 Å². The van der Waals surface area contributed by atoms with Crippen LogP contribution in [0.1, 0.15) is 41.0 Å². The highest BCUT2D eigenvalue weighted by atomic mass is 32.2. The minimum Gasteiger partial charge on any atom is -0.505 e. The molecule has 192 valence electrons. The van der Waals surface area contributed by atoms with Crippen LogP contribution in [-0.2, 0) is 18.8 Å². The van der Waals surface area contributed by atoms with E-state index >= 15 is 0 Å². The van der Waals surface area contributed by atoms with Crippen molar-refractivity contribution in [3.05, 3.63) is 94.5 Å². The first-order valence-electron chi connectivity index (χ1n) is 12.3. The van der Waals surface area contributed by atoms with Crippen LogP contribution in [0.2, 0.25) is 5.04 Å². The van der Waals surface area contributed by atoms with E-state index in [4.69, 9.17) is 4.43 Å². The molecule has 1 fully saturated rings. The van der Waals surface area contributed by atoms with Crippen LogP contribution in [0.5, 0.6) is 0 Å². The van der Waals surface area contributed by atoms with E-state index in [1.807, 2.05) is 73.7 Å². The quantitative estimate of drug-likeness (QED) is 0.329. The van der Waals surface area contributed by atoms with Gasteiger partial charge in [0, 0.05) is 30.0 Å². The zero-order valence-electron chi connectivity index (χ0n) is 21.8. The molecule has 0 spiro atoms. The molecule has 4 rings (SSSR count). The lowest BCUT2D eigenvalue weighted by Crippen LogP contribution is -2.67. The molecule has 2 aromatic rings. The first-order valence-corrected chi connectivity index (χ1v) is 15.1. The topological polar surface area (TPSA) is 75.7 Å². The van der Waals surface area contributed by atoms with Crippen LogP contribution in [0.3, 0.4) is 0 Å². The summed E-state index contributed by atoms with van der Waals surface area (Å²) in [5, 5.41) is 5.92. The van der Waals surface area contributed by atoms with Crippen molar-refractivity contribution in [2.24, 2.45) is 0 Å². The average Bonchev–Trinajstić information content (AvgIpc) is 3.20. The van der Waals surface area contributed by atoms with Crippen LogP contribution in [0.25, 0.3) is 0 Å². The number of thioether (sulfide) groups is 1. The maximum Gasteiger partial charge on any atom is 0.343 e. The van der Waals surface area contributed by atoms with E-state index in [2.05, 4.69) is 26.1 Å². The van der Waals surface area contributed by atoms with Crippen LogP contribution in [0, 0.1) is 0 Å². The predicted octanol–water partition coefficient (Wildman–Crippen LogP) is 4.20. The summed E-state index contributed by atoms with van der Waals surface area (Å²) in [4.78, 5) is 40.8. The molecule has 8 heteroatoms. The summed E-state index contributed by atoms with van der Waals surface area (Å²) < 4.78 is 6.72. The molecular formula is C29H32N2O4SSi. The van der Waals surface area contributed by atoms with Gasteiger partial charge in [-0.15, -0.1) is 0 Å². The van der Waals surface area contributed by atoms with Gasteiger partial charge in [0.25, 0.3) is 5.91 Å². The molecule has 1 saturated heterocycles. The van der Waals surface area contributed by atoms with Gasteiger partial charge in [0.05, 0.1) is 6.04 Å². The third kappa shape index (κ3) is 4.83. The first kappa shape index (κ1) is 26.7. The molecular weight excluding hydrogens is 500 g/mol. The smallest absolute Gasteiger partial charge is 0.343 e. The second-order valence-electron chi connectivity index (χ2n) is 10.1. The molecule has 2 heterocycles. The number of carbonyl (C=O) groups is 3. The van der Waals surface area contributed by atoms with Gasteiger partial charge in [-0.25, -0.2) is 4.79 Å². The molecule has 1 N–H and O–H groups in total. The number of amides is 2. The minimum atomic E-state index is -3.16. The molecule has 1 atom stereocenters. The van der Waals surface area contributed by atoms with Crippen molar-refractivity contribution >= 4 is 48.2 Å². The van der Waals surface area contributed by atoms with Crippen molar-refractivity contribution in [3.8, 4) is 0 Å². The number of nitrogens with zero attached hydrogens (tertiary/aromatic N) is 1. The largest absolute Gasteiger partial charge is 0.505 e. The number of β-lactam (4-membered cyclic amide) rings is 1. The molecule has 6 nitrogen and oxygen atoms in total. The lowest BCUT2D eigenvalue weighted by Gasteiger charge is -2.43. The van der Waals surface area contributed by atoms with E-state index in [9.17, 15) is 14.4 Å². The normalized spacial score (nSPS) is 18.7. The van der Waals surface area contributed by atoms with Gasteiger partial charge in [0.1, 0.15) is 5.70 Å². The van der Waals surface area contributed by atoms with E-state index in [0.29, 0.717) is 17.7 Å². The zero-order valence-corrected chi connectivity index (χ0v) is 23.6. The summed E-state index contributed by atoms with van der Waals surface area (Å²) in [5.74, 6) is -0.835. The fourth-order valence-electron chi connectivity index (χ4n) is 5.10. The molecule has 2 aliphatic rings. The first-order chi connectivity index (χ1) is 17.6. The van der Waals surface area contributed by atoms with Crippen LogP contribution in [0.15, 0.2) is 94.5 Å². The Labute approximate surface area is 223 Å². The Bertz CT molecular complexity index is 1260. The SMILES string of the molecule is CC=C1C(=O)N2C(C(=O)O[Si](c3ccccc3)(c3ccccc3)C(C)(C)C)=C(SC=CNC(C)=O)C[C@H]12. The van der Waals surface area contributed by atoms with E-state index in [-0.39, 0.29) is 17.9 Å². The van der Waals surface area contributed by atoms with Gasteiger partial charge in [-0.1, -0.05) is 99.3 Å². The Hall–Kier alpha value is -3.36. The van der Waals surface area contributed by atoms with Crippen molar-refractivity contribution in [2.75, 3.05) is 0 Å². The number of hydrogen-bond donors (Lipinski definition) is 1. The van der Waals surface area contributed by atoms with E-state index in [1.165, 1.54) is 18.7 Å². The molecule has 0 radical (unpaired) electrons. The summed E-state index contributed by atoms with van der Waals surface area (Å²) in [7, 11) is -3.16. The van der Waals surface area contributed by atoms with E-state index in [1.54, 1.807) is 16.5 Å². The second kappa shape index (κ2) is 10.6. The van der Waals surface area contributed by atoms with Crippen LogP contribution in [0.4, 0.5) is 0 Å². The Morgan fingerprint density at radius 2 is 1.62 bits per heavy atom. The van der Waals surface area contributed by atoms with Crippen molar-refractivity contribution in [1.82, 2.24) is 10.2 Å². The molecule has 37 heavy (non-hydrogen) atoms. The monoisotopic (exact) mass is 532 g/mol. The highest BCUT2D eigenvalue weighted by Gasteiger charge is 2.56. The predicted molar refractivity (Wildman–Crippen MR) is 150 cm³/mol. The third-order valence-electron chi connectivity index (χ3n) is 6.75. The molecule has 0 bridgehead atoms. The highest BCUT2D eigenvalue weighted by Crippen LogP contribution is 2.47. The molecule has 0 saturated carbocycles. The van der Waals surface area contributed by atoms with Gasteiger partial charge in [-0.3, -0.25) is 14.5 Å². The van der Waals surface area contributed by atoms with Crippen molar-refractivity contribution in [3.63, 3.8) is 0 Å². The summed E-state index contributed by atoms with van der Waals surface area (Å²) in [6, 6.07) is 19.7. The number of nitrogens with one attached hydrogen (secondary N) is 1. The highest BCUT2D eigenvalue weighted by molar-refractivity contribution is 8.05. The summed E-state index contributed by atoms with van der Waals surface area (Å²) in [6.45, 7) is 9.59. The fraction of sp³-hybridized carbons (Fsp3) is 0.276. The number of allylic oxidation sites excluding steroid dienone is 1. The number of fused-ring (bicyclic) bond motifs is 1. The van der Waals surface area contributed by atoms with Crippen molar-refractivity contribution in [1.29, 1.82) is 0 Å². The lowest BCUT2D eigenvalue weighted by atomic mass is 9.94. The minimum absolute atomic E-state index is 0.164. The van der Waals surface area contributed by atoms with Gasteiger partial charge < -0.3 is 9.74 Å². The Morgan fingerprint density at radius 3 is 2.11 bits per heavy atom. The maximum absolute atomic E-state index is 14.2. The number of hydrogen-bond acceptors (Lipinski definition) is 5. The van der Waals surface area contributed by atoms with Crippen LogP contribution < -0.4 is 15.7 Å². The van der Waals surface area contributed by atoms with Gasteiger partial charge in [0.15, 0.2) is 0 Å². The van der Waals surface area contributed by atoms with E-state index < -0.39 is 19.3 Å². The third-order valence-corrected chi connectivity index (χ3v) is 12.6. The average molecular weight is 533 g/mol. The Kier molecular flexibility index (Phi) is 7.61. The van der Waals surface area contributed by atoms with Gasteiger partial charge >= 0.3 is 14.3 Å². The maximum atomic E-state index is 14.2. The Morgan fingerprint density at radius 1 is 1.05 bits per heavy atom. The molecule has 2 amide bonds. The number of benzene rings is 2. The number of rotatable bonds is 7. The van der Waals surface area contributed by atoms with Crippen molar-refractivity contribution < 1.29 is 18.8 Å². The molecule has 2 aromatic carbocycles.